The number of carbonyl (C=O) groups is 2. The van der Waals surface area contributed by atoms with Gasteiger partial charge in [0.1, 0.15) is 0 Å². The number of nitrogens with one attached hydrogen (secondary N) is 1. The Hall–Kier alpha value is -0.970. The highest BCUT2D eigenvalue weighted by atomic mass is 32.2. The van der Waals surface area contributed by atoms with E-state index in [9.17, 15) is 9.59 Å². The van der Waals surface area contributed by atoms with Gasteiger partial charge in [-0.1, -0.05) is 6.08 Å². The van der Waals surface area contributed by atoms with Gasteiger partial charge < -0.3 is 10.4 Å². The number of carboxylic acid groups (broad SMARTS) is 1. The van der Waals surface area contributed by atoms with Gasteiger partial charge in [-0.05, 0) is 6.92 Å². The zero-order valence-electron chi connectivity index (χ0n) is 7.45. The molecule has 0 fully saturated rings. The van der Waals surface area contributed by atoms with Crippen molar-refractivity contribution in [1.82, 2.24) is 5.32 Å². The molecule has 0 aromatic carbocycles. The molecular weight excluding hydrogens is 190 g/mol. The van der Waals surface area contributed by atoms with Crippen molar-refractivity contribution in [2.45, 2.75) is 13.0 Å². The Kier molecular flexibility index (Phi) is 6.05. The number of rotatable bonds is 6. The van der Waals surface area contributed by atoms with Crippen LogP contribution in [0, 0.1) is 0 Å². The van der Waals surface area contributed by atoms with Crippen molar-refractivity contribution in [3.05, 3.63) is 12.7 Å². The van der Waals surface area contributed by atoms with Gasteiger partial charge in [0.2, 0.25) is 5.91 Å². The van der Waals surface area contributed by atoms with Crippen LogP contribution < -0.4 is 5.32 Å². The number of carboxylic acids is 1. The van der Waals surface area contributed by atoms with Crippen molar-refractivity contribution in [1.29, 1.82) is 0 Å². The molecule has 1 atom stereocenters. The number of carbonyl (C=O) groups excluding carboxylic acids is 1. The van der Waals surface area contributed by atoms with E-state index in [0.717, 1.165) is 11.8 Å². The zero-order valence-corrected chi connectivity index (χ0v) is 8.26. The molecule has 0 aromatic heterocycles. The lowest BCUT2D eigenvalue weighted by Crippen LogP contribution is -2.32. The van der Waals surface area contributed by atoms with Gasteiger partial charge in [-0.15, -0.1) is 18.3 Å². The van der Waals surface area contributed by atoms with Crippen LogP contribution in [0.4, 0.5) is 0 Å². The van der Waals surface area contributed by atoms with Crippen molar-refractivity contribution in [2.24, 2.45) is 0 Å². The monoisotopic (exact) mass is 203 g/mol. The average molecular weight is 203 g/mol. The van der Waals surface area contributed by atoms with Crippen LogP contribution in [0.3, 0.4) is 0 Å². The molecule has 0 aliphatic heterocycles. The minimum Gasteiger partial charge on any atom is -0.481 e. The number of amides is 1. The molecule has 0 bridgehead atoms. The van der Waals surface area contributed by atoms with Crippen LogP contribution >= 0.6 is 11.8 Å². The molecule has 0 radical (unpaired) electrons. The number of hydrogen-bond donors (Lipinski definition) is 2. The highest BCUT2D eigenvalue weighted by Gasteiger charge is 2.05. The lowest BCUT2D eigenvalue weighted by molar-refractivity contribution is -0.133. The van der Waals surface area contributed by atoms with E-state index in [4.69, 9.17) is 5.11 Å². The van der Waals surface area contributed by atoms with Crippen LogP contribution in [-0.2, 0) is 9.59 Å². The average Bonchev–Trinajstić information content (AvgIpc) is 2.03. The number of hydrogen-bond acceptors (Lipinski definition) is 3. The third-order valence-corrected chi connectivity index (χ3v) is 2.12. The molecular formula is C8H13NO3S. The second-order valence-corrected chi connectivity index (χ2v) is 3.46. The summed E-state index contributed by atoms with van der Waals surface area (Å²) in [6.07, 6.45) is 1.61. The second-order valence-electron chi connectivity index (χ2n) is 2.48. The highest BCUT2D eigenvalue weighted by molar-refractivity contribution is 8.00. The van der Waals surface area contributed by atoms with Crippen LogP contribution in [0.25, 0.3) is 0 Å². The van der Waals surface area contributed by atoms with Crippen LogP contribution in [-0.4, -0.2) is 34.5 Å². The van der Waals surface area contributed by atoms with Crippen molar-refractivity contribution in [2.75, 3.05) is 11.5 Å². The molecule has 74 valence electrons. The highest BCUT2D eigenvalue weighted by Crippen LogP contribution is 1.98. The Balaban J connectivity index is 3.51. The summed E-state index contributed by atoms with van der Waals surface area (Å²) in [6, 6.07) is -0.0714. The predicted molar refractivity (Wildman–Crippen MR) is 52.8 cm³/mol. The fourth-order valence-electron chi connectivity index (χ4n) is 0.586. The lowest BCUT2D eigenvalue weighted by Gasteiger charge is -2.07. The van der Waals surface area contributed by atoms with Gasteiger partial charge in [-0.25, -0.2) is 0 Å². The molecule has 0 aliphatic rings. The van der Waals surface area contributed by atoms with E-state index < -0.39 is 5.97 Å². The molecule has 1 unspecified atom stereocenters. The lowest BCUT2D eigenvalue weighted by atomic mass is 10.3. The molecule has 5 heteroatoms. The summed E-state index contributed by atoms with van der Waals surface area (Å²) in [4.78, 5) is 21.1. The van der Waals surface area contributed by atoms with Gasteiger partial charge >= 0.3 is 5.97 Å². The van der Waals surface area contributed by atoms with Gasteiger partial charge in [-0.2, -0.15) is 0 Å². The Labute approximate surface area is 81.4 Å². The van der Waals surface area contributed by atoms with E-state index in [1.807, 2.05) is 0 Å². The molecule has 0 saturated carbocycles. The van der Waals surface area contributed by atoms with Crippen molar-refractivity contribution >= 4 is 23.6 Å². The topological polar surface area (TPSA) is 66.4 Å². The molecule has 4 nitrogen and oxygen atoms in total. The predicted octanol–water partition coefficient (Wildman–Crippen LogP) is 0.495. The maximum Gasteiger partial charge on any atom is 0.313 e. The summed E-state index contributed by atoms with van der Waals surface area (Å²) in [5.74, 6) is -0.950. The minimum atomic E-state index is -0.908. The number of aliphatic carboxylic acids is 1. The zero-order chi connectivity index (χ0) is 10.3. The molecule has 0 rings (SSSR count). The fraction of sp³-hybridized carbons (Fsp3) is 0.500. The maximum atomic E-state index is 11.0. The summed E-state index contributed by atoms with van der Waals surface area (Å²) in [5.41, 5.74) is 0. The summed E-state index contributed by atoms with van der Waals surface area (Å²) < 4.78 is 0. The van der Waals surface area contributed by atoms with Gasteiger partial charge in [0.15, 0.2) is 0 Å². The standard InChI is InChI=1S/C8H13NO3S/c1-3-6(2)9-7(10)4-13-5-8(11)12/h3,6H,1,4-5H2,2H3,(H,9,10)(H,11,12). The van der Waals surface area contributed by atoms with Crippen LogP contribution in [0.2, 0.25) is 0 Å². The Morgan fingerprint density at radius 1 is 1.62 bits per heavy atom. The number of thioether (sulfide) groups is 1. The molecule has 1 amide bonds. The Morgan fingerprint density at radius 2 is 2.23 bits per heavy atom. The summed E-state index contributed by atoms with van der Waals surface area (Å²) in [5, 5.41) is 10.9. The second kappa shape index (κ2) is 6.54. The SMILES string of the molecule is C=CC(C)NC(=O)CSCC(=O)O. The molecule has 0 aromatic rings. The normalized spacial score (nSPS) is 11.8. The first-order valence-electron chi connectivity index (χ1n) is 3.77. The minimum absolute atomic E-state index is 0.0457. The van der Waals surface area contributed by atoms with E-state index in [1.165, 1.54) is 0 Å². The van der Waals surface area contributed by atoms with Crippen LogP contribution in [0.5, 0.6) is 0 Å². The first kappa shape index (κ1) is 12.0. The van der Waals surface area contributed by atoms with Gasteiger partial charge in [0, 0.05) is 6.04 Å². The van der Waals surface area contributed by atoms with Crippen LogP contribution in [0.1, 0.15) is 6.92 Å². The van der Waals surface area contributed by atoms with Gasteiger partial charge in [0.25, 0.3) is 0 Å². The van der Waals surface area contributed by atoms with Gasteiger partial charge in [-0.3, -0.25) is 9.59 Å². The molecule has 0 spiro atoms. The van der Waals surface area contributed by atoms with Crippen molar-refractivity contribution in [3.63, 3.8) is 0 Å². The molecule has 0 saturated heterocycles. The van der Waals surface area contributed by atoms with Crippen LogP contribution in [0.15, 0.2) is 12.7 Å². The van der Waals surface area contributed by atoms with E-state index in [0.29, 0.717) is 0 Å². The smallest absolute Gasteiger partial charge is 0.313 e. The third kappa shape index (κ3) is 7.39. The molecule has 0 aliphatic carbocycles. The summed E-state index contributed by atoms with van der Waals surface area (Å²) >= 11 is 1.08. The first-order valence-corrected chi connectivity index (χ1v) is 4.93. The quantitative estimate of drug-likeness (QED) is 0.617. The van der Waals surface area contributed by atoms with Gasteiger partial charge in [0.05, 0.1) is 11.5 Å². The molecule has 2 N–H and O–H groups in total. The third-order valence-electron chi connectivity index (χ3n) is 1.20. The fourth-order valence-corrected chi connectivity index (χ4v) is 1.13. The molecule has 0 heterocycles. The van der Waals surface area contributed by atoms with Crippen molar-refractivity contribution < 1.29 is 14.7 Å². The van der Waals surface area contributed by atoms with E-state index >= 15 is 0 Å². The summed E-state index contributed by atoms with van der Waals surface area (Å²) in [7, 11) is 0. The largest absolute Gasteiger partial charge is 0.481 e. The Morgan fingerprint density at radius 3 is 2.69 bits per heavy atom. The first-order chi connectivity index (χ1) is 6.06. The molecule has 13 heavy (non-hydrogen) atoms. The van der Waals surface area contributed by atoms with Crippen molar-refractivity contribution in [3.8, 4) is 0 Å². The van der Waals surface area contributed by atoms with E-state index in [-0.39, 0.29) is 23.5 Å². The summed E-state index contributed by atoms with van der Waals surface area (Å²) in [6.45, 7) is 5.30. The maximum absolute atomic E-state index is 11.0. The van der Waals surface area contributed by atoms with E-state index in [1.54, 1.807) is 13.0 Å². The Bertz CT molecular complexity index is 206. The van der Waals surface area contributed by atoms with E-state index in [2.05, 4.69) is 11.9 Å².